The maximum atomic E-state index is 13.8. The predicted molar refractivity (Wildman–Crippen MR) is 172 cm³/mol. The van der Waals surface area contributed by atoms with Crippen molar-refractivity contribution in [1.82, 2.24) is 25.1 Å². The number of ether oxygens (including phenoxy) is 2. The van der Waals surface area contributed by atoms with Gasteiger partial charge in [0.25, 0.3) is 5.91 Å². The zero-order chi connectivity index (χ0) is 35.5. The van der Waals surface area contributed by atoms with Crippen LogP contribution in [0.1, 0.15) is 56.6 Å². The molecule has 0 radical (unpaired) electrons. The van der Waals surface area contributed by atoms with E-state index in [0.717, 1.165) is 25.0 Å². The Labute approximate surface area is 283 Å². The smallest absolute Gasteiger partial charge is 0.416 e. The van der Waals surface area contributed by atoms with E-state index >= 15 is 0 Å². The van der Waals surface area contributed by atoms with Crippen LogP contribution in [0.25, 0.3) is 11.4 Å². The van der Waals surface area contributed by atoms with Gasteiger partial charge in [-0.1, -0.05) is 39.3 Å². The number of rotatable bonds is 11. The molecule has 3 fully saturated rings. The fraction of sp³-hybridized carbons (Fsp3) is 0.588. The van der Waals surface area contributed by atoms with E-state index in [-0.39, 0.29) is 72.3 Å². The van der Waals surface area contributed by atoms with Crippen molar-refractivity contribution in [3.63, 3.8) is 0 Å². The van der Waals surface area contributed by atoms with Crippen molar-refractivity contribution < 1.29 is 41.8 Å². The zero-order valence-corrected chi connectivity index (χ0v) is 28.2. The molecule has 1 aromatic heterocycles. The normalized spacial score (nSPS) is 20.9. The van der Waals surface area contributed by atoms with Crippen molar-refractivity contribution in [2.24, 2.45) is 23.7 Å². The first-order chi connectivity index (χ1) is 23.3. The van der Waals surface area contributed by atoms with E-state index in [2.05, 4.69) is 15.3 Å². The lowest BCUT2D eigenvalue weighted by atomic mass is 10.0. The average molecular weight is 689 g/mol. The third-order valence-electron chi connectivity index (χ3n) is 9.26. The van der Waals surface area contributed by atoms with Crippen LogP contribution < -0.4 is 10.2 Å². The number of piperazine rings is 1. The van der Waals surface area contributed by atoms with Gasteiger partial charge in [-0.3, -0.25) is 14.4 Å². The molecule has 1 aliphatic carbocycles. The molecule has 1 saturated carbocycles. The Bertz CT molecular complexity index is 1530. The second-order valence-electron chi connectivity index (χ2n) is 13.0. The van der Waals surface area contributed by atoms with Crippen molar-refractivity contribution in [2.75, 3.05) is 57.4 Å². The van der Waals surface area contributed by atoms with Crippen molar-refractivity contribution in [2.45, 2.75) is 52.8 Å². The van der Waals surface area contributed by atoms with Gasteiger partial charge in [-0.2, -0.15) is 13.2 Å². The zero-order valence-electron chi connectivity index (χ0n) is 28.2. The molecule has 2 unspecified atom stereocenters. The van der Waals surface area contributed by atoms with Crippen molar-refractivity contribution in [3.8, 4) is 11.4 Å². The molecule has 5 rings (SSSR count). The molecule has 0 bridgehead atoms. The van der Waals surface area contributed by atoms with Gasteiger partial charge in [-0.25, -0.2) is 14.8 Å². The van der Waals surface area contributed by atoms with Gasteiger partial charge in [-0.05, 0) is 43.2 Å². The van der Waals surface area contributed by atoms with E-state index < -0.39 is 29.8 Å². The van der Waals surface area contributed by atoms with E-state index in [1.165, 1.54) is 18.2 Å². The molecule has 2 aromatic rings. The van der Waals surface area contributed by atoms with Gasteiger partial charge in [0.15, 0.2) is 5.82 Å². The molecule has 266 valence electrons. The number of amides is 3. The number of halogens is 3. The first-order valence-electron chi connectivity index (χ1n) is 16.8. The number of fused-ring (bicyclic) bond motifs is 1. The molecule has 0 spiro atoms. The van der Waals surface area contributed by atoms with Crippen LogP contribution in [0.2, 0.25) is 0 Å². The standard InChI is InChI=1S/C34H43F3N6O6/c1-5-7-15-49-33(47)42-13-11-41(12-14-42)31(45)28(20(3)4)40-30(44)25-17-26(43-18-23-24(19-43)27(23)32(46)48-6-2)39-29(38-25)21-9-8-10-22(16-21)34(35,36)37/h8-10,16-17,20,23-24,27-28H,5-7,11-15,18-19H2,1-4H3,(H,40,44)/t23?,24?,27?,28-/m0/s1. The number of hydrogen-bond donors (Lipinski definition) is 1. The number of esters is 1. The Morgan fingerprint density at radius 3 is 2.24 bits per heavy atom. The number of benzene rings is 1. The maximum Gasteiger partial charge on any atom is 0.416 e. The lowest BCUT2D eigenvalue weighted by Crippen LogP contribution is -2.57. The summed E-state index contributed by atoms with van der Waals surface area (Å²) in [7, 11) is 0. The molecule has 2 saturated heterocycles. The van der Waals surface area contributed by atoms with Gasteiger partial charge in [0.2, 0.25) is 5.91 Å². The number of nitrogens with zero attached hydrogens (tertiary/aromatic N) is 5. The summed E-state index contributed by atoms with van der Waals surface area (Å²) < 4.78 is 51.2. The Hall–Kier alpha value is -4.43. The lowest BCUT2D eigenvalue weighted by molar-refractivity contribution is -0.145. The Balaban J connectivity index is 1.34. The van der Waals surface area contributed by atoms with Crippen molar-refractivity contribution >= 4 is 29.7 Å². The molecule has 3 heterocycles. The molecule has 1 N–H and O–H groups in total. The van der Waals surface area contributed by atoms with E-state index in [1.807, 2.05) is 11.8 Å². The van der Waals surface area contributed by atoms with Crippen LogP contribution in [0, 0.1) is 23.7 Å². The number of piperidine rings is 1. The highest BCUT2D eigenvalue weighted by Gasteiger charge is 2.60. The summed E-state index contributed by atoms with van der Waals surface area (Å²) in [4.78, 5) is 66.1. The minimum atomic E-state index is -4.60. The second kappa shape index (κ2) is 15.0. The third-order valence-corrected chi connectivity index (χ3v) is 9.26. The highest BCUT2D eigenvalue weighted by Crippen LogP contribution is 2.53. The minimum absolute atomic E-state index is 0.0462. The molecule has 3 atom stereocenters. The molecule has 49 heavy (non-hydrogen) atoms. The number of nitrogens with one attached hydrogen (secondary N) is 1. The number of unbranched alkanes of at least 4 members (excludes halogenated alkanes) is 1. The molecule has 2 aliphatic heterocycles. The summed E-state index contributed by atoms with van der Waals surface area (Å²) in [5, 5.41) is 2.80. The largest absolute Gasteiger partial charge is 0.466 e. The van der Waals surface area contributed by atoms with E-state index in [4.69, 9.17) is 9.47 Å². The van der Waals surface area contributed by atoms with Crippen LogP contribution in [0.3, 0.4) is 0 Å². The third kappa shape index (κ3) is 8.24. The van der Waals surface area contributed by atoms with Gasteiger partial charge in [-0.15, -0.1) is 0 Å². The number of aromatic nitrogens is 2. The van der Waals surface area contributed by atoms with Crippen LogP contribution >= 0.6 is 0 Å². The van der Waals surface area contributed by atoms with Crippen LogP contribution in [0.15, 0.2) is 30.3 Å². The Kier molecular flexibility index (Phi) is 11.0. The molecule has 1 aromatic carbocycles. The highest BCUT2D eigenvalue weighted by atomic mass is 19.4. The first-order valence-corrected chi connectivity index (χ1v) is 16.8. The van der Waals surface area contributed by atoms with Crippen LogP contribution in [-0.2, 0) is 25.2 Å². The second-order valence-corrected chi connectivity index (χ2v) is 13.0. The predicted octanol–water partition coefficient (Wildman–Crippen LogP) is 4.24. The average Bonchev–Trinajstić information content (AvgIpc) is 3.59. The van der Waals surface area contributed by atoms with E-state index in [9.17, 15) is 32.3 Å². The molecular weight excluding hydrogens is 645 g/mol. The highest BCUT2D eigenvalue weighted by molar-refractivity contribution is 5.97. The summed E-state index contributed by atoms with van der Waals surface area (Å²) in [5.74, 6) is -1.44. The van der Waals surface area contributed by atoms with E-state index in [1.54, 1.807) is 30.6 Å². The number of alkyl halides is 3. The van der Waals surface area contributed by atoms with Crippen molar-refractivity contribution in [1.29, 1.82) is 0 Å². The number of carbonyl (C=O) groups is 4. The number of hydrogen-bond acceptors (Lipinski definition) is 9. The SMILES string of the molecule is CCCCOC(=O)N1CCN(C(=O)[C@@H](NC(=O)c2cc(N3CC4C(C3)C4C(=O)OCC)nc(-c3cccc(C(F)(F)F)c3)n2)C(C)C)CC1. The monoisotopic (exact) mass is 688 g/mol. The summed E-state index contributed by atoms with van der Waals surface area (Å²) in [6.07, 6.45) is -3.35. The fourth-order valence-electron chi connectivity index (χ4n) is 6.41. The van der Waals surface area contributed by atoms with Crippen LogP contribution in [-0.4, -0.2) is 102 Å². The van der Waals surface area contributed by atoms with Crippen LogP contribution in [0.4, 0.5) is 23.8 Å². The summed E-state index contributed by atoms with van der Waals surface area (Å²) in [6, 6.07) is 5.09. The van der Waals surface area contributed by atoms with Gasteiger partial charge < -0.3 is 29.5 Å². The molecule has 3 aliphatic rings. The number of carbonyl (C=O) groups excluding carboxylic acids is 4. The van der Waals surface area contributed by atoms with E-state index in [0.29, 0.717) is 38.6 Å². The lowest BCUT2D eigenvalue weighted by Gasteiger charge is -2.36. The van der Waals surface area contributed by atoms with Crippen molar-refractivity contribution in [3.05, 3.63) is 41.6 Å². The Morgan fingerprint density at radius 1 is 0.959 bits per heavy atom. The first kappa shape index (κ1) is 35.9. The molecular formula is C34H43F3N6O6. The fourth-order valence-corrected chi connectivity index (χ4v) is 6.41. The van der Waals surface area contributed by atoms with Gasteiger partial charge in [0.05, 0.1) is 24.7 Å². The summed E-state index contributed by atoms with van der Waals surface area (Å²) in [5.41, 5.74) is -0.926. The topological polar surface area (TPSA) is 134 Å². The quantitative estimate of drug-likeness (QED) is 0.272. The van der Waals surface area contributed by atoms with Gasteiger partial charge in [0.1, 0.15) is 17.6 Å². The summed E-state index contributed by atoms with van der Waals surface area (Å²) in [6.45, 7) is 9.98. The molecule has 15 heteroatoms. The minimum Gasteiger partial charge on any atom is -0.466 e. The van der Waals surface area contributed by atoms with Gasteiger partial charge >= 0.3 is 18.2 Å². The van der Waals surface area contributed by atoms with Gasteiger partial charge in [0, 0.05) is 50.9 Å². The molecule has 3 amide bonds. The summed E-state index contributed by atoms with van der Waals surface area (Å²) >= 11 is 0. The molecule has 12 nitrogen and oxygen atoms in total. The van der Waals surface area contributed by atoms with Crippen LogP contribution in [0.5, 0.6) is 0 Å². The Morgan fingerprint density at radius 2 is 1.63 bits per heavy atom. The maximum absolute atomic E-state index is 13.8. The number of anilines is 1.